The van der Waals surface area contributed by atoms with Gasteiger partial charge < -0.3 is 5.32 Å². The number of halogens is 1. The summed E-state index contributed by atoms with van der Waals surface area (Å²) in [5.74, 6) is 0.488. The number of pyridine rings is 1. The fraction of sp³-hybridized carbons (Fsp3) is 0.0833. The first-order chi connectivity index (χ1) is 15.1. The van der Waals surface area contributed by atoms with Crippen LogP contribution in [-0.2, 0) is 7.05 Å². The third kappa shape index (κ3) is 3.85. The van der Waals surface area contributed by atoms with Gasteiger partial charge in [-0.25, -0.2) is 9.97 Å². The van der Waals surface area contributed by atoms with Crippen LogP contribution < -0.4 is 5.32 Å². The number of rotatable bonds is 4. The molecule has 0 spiro atoms. The molecule has 5 aromatic rings. The van der Waals surface area contributed by atoms with Crippen LogP contribution in [0.5, 0.6) is 0 Å². The van der Waals surface area contributed by atoms with Gasteiger partial charge in [0, 0.05) is 59.1 Å². The molecule has 3 heterocycles. The number of aryl methyl sites for hydroxylation is 2. The quantitative estimate of drug-likeness (QED) is 0.393. The molecular weight excluding hydrogens is 408 g/mol. The van der Waals surface area contributed by atoms with Crippen molar-refractivity contribution in [1.82, 2.24) is 24.7 Å². The standard InChI is InChI=1S/C24H19ClN6/c1-15-3-4-17(11-26-15)16-5-8-20(9-6-16)29-24-27-12-18-7-10-21(22(25)23(18)30-24)19-13-28-31(2)14-19/h3-14H,1-2H3,(H,27,29,30). The molecule has 31 heavy (non-hydrogen) atoms. The van der Waals surface area contributed by atoms with Gasteiger partial charge in [-0.1, -0.05) is 41.9 Å². The molecule has 0 fully saturated rings. The molecule has 0 bridgehead atoms. The van der Waals surface area contributed by atoms with Gasteiger partial charge in [0.05, 0.1) is 16.7 Å². The molecule has 0 radical (unpaired) electrons. The second kappa shape index (κ2) is 7.81. The second-order valence-corrected chi connectivity index (χ2v) is 7.73. The lowest BCUT2D eigenvalue weighted by Gasteiger charge is -2.09. The van der Waals surface area contributed by atoms with Crippen molar-refractivity contribution in [2.45, 2.75) is 6.92 Å². The monoisotopic (exact) mass is 426 g/mol. The Bertz CT molecular complexity index is 1370. The molecule has 0 aliphatic heterocycles. The molecule has 5 rings (SSSR count). The van der Waals surface area contributed by atoms with Crippen molar-refractivity contribution in [2.24, 2.45) is 7.05 Å². The molecule has 3 aromatic heterocycles. The van der Waals surface area contributed by atoms with Crippen molar-refractivity contribution in [3.63, 3.8) is 0 Å². The van der Waals surface area contributed by atoms with E-state index in [-0.39, 0.29) is 0 Å². The molecule has 0 amide bonds. The molecule has 7 heteroatoms. The van der Waals surface area contributed by atoms with Crippen LogP contribution in [0, 0.1) is 6.92 Å². The summed E-state index contributed by atoms with van der Waals surface area (Å²) in [7, 11) is 1.88. The lowest BCUT2D eigenvalue weighted by atomic mass is 10.1. The first-order valence-electron chi connectivity index (χ1n) is 9.81. The summed E-state index contributed by atoms with van der Waals surface area (Å²) < 4.78 is 1.75. The zero-order valence-corrected chi connectivity index (χ0v) is 17.8. The van der Waals surface area contributed by atoms with Crippen LogP contribution in [0.15, 0.2) is 73.3 Å². The van der Waals surface area contributed by atoms with Crippen molar-refractivity contribution < 1.29 is 0 Å². The van der Waals surface area contributed by atoms with E-state index in [1.165, 1.54) is 0 Å². The average molecular weight is 427 g/mol. The molecule has 152 valence electrons. The number of fused-ring (bicyclic) bond motifs is 1. The first kappa shape index (κ1) is 19.2. The van der Waals surface area contributed by atoms with E-state index in [0.717, 1.165) is 39.0 Å². The lowest BCUT2D eigenvalue weighted by molar-refractivity contribution is 0.768. The fourth-order valence-corrected chi connectivity index (χ4v) is 3.74. The van der Waals surface area contributed by atoms with Gasteiger partial charge in [0.15, 0.2) is 0 Å². The molecule has 6 nitrogen and oxygen atoms in total. The zero-order valence-electron chi connectivity index (χ0n) is 17.0. The van der Waals surface area contributed by atoms with Crippen molar-refractivity contribution in [3.05, 3.63) is 84.0 Å². The Balaban J connectivity index is 1.43. The highest BCUT2D eigenvalue weighted by atomic mass is 35.5. The van der Waals surface area contributed by atoms with Crippen molar-refractivity contribution >= 4 is 34.1 Å². The Hall–Kier alpha value is -3.77. The van der Waals surface area contributed by atoms with Crippen LogP contribution in [0.3, 0.4) is 0 Å². The number of nitrogens with one attached hydrogen (secondary N) is 1. The van der Waals surface area contributed by atoms with Crippen LogP contribution in [0.2, 0.25) is 5.02 Å². The van der Waals surface area contributed by atoms with E-state index in [2.05, 4.69) is 31.4 Å². The number of hydrogen-bond acceptors (Lipinski definition) is 5. The maximum atomic E-state index is 6.70. The van der Waals surface area contributed by atoms with Gasteiger partial charge in [0.1, 0.15) is 0 Å². The minimum Gasteiger partial charge on any atom is -0.324 e. The minimum atomic E-state index is 0.488. The van der Waals surface area contributed by atoms with Gasteiger partial charge in [-0.3, -0.25) is 9.67 Å². The van der Waals surface area contributed by atoms with Crippen LogP contribution in [0.1, 0.15) is 5.69 Å². The molecule has 0 unspecified atom stereocenters. The Morgan fingerprint density at radius 2 is 1.65 bits per heavy atom. The molecule has 0 saturated carbocycles. The smallest absolute Gasteiger partial charge is 0.227 e. The predicted octanol–water partition coefficient (Wildman–Crippen LogP) is 5.80. The van der Waals surface area contributed by atoms with Gasteiger partial charge >= 0.3 is 0 Å². The summed E-state index contributed by atoms with van der Waals surface area (Å²) in [6, 6.07) is 16.1. The molecule has 0 aliphatic carbocycles. The maximum absolute atomic E-state index is 6.70. The number of aromatic nitrogens is 5. The normalized spacial score (nSPS) is 11.1. The Morgan fingerprint density at radius 3 is 2.35 bits per heavy atom. The summed E-state index contributed by atoms with van der Waals surface area (Å²) in [4.78, 5) is 13.5. The van der Waals surface area contributed by atoms with E-state index < -0.39 is 0 Å². The number of hydrogen-bond donors (Lipinski definition) is 1. The molecule has 2 aromatic carbocycles. The predicted molar refractivity (Wildman–Crippen MR) is 124 cm³/mol. The highest BCUT2D eigenvalue weighted by Crippen LogP contribution is 2.33. The van der Waals surface area contributed by atoms with E-state index in [4.69, 9.17) is 11.6 Å². The molecule has 0 aliphatic rings. The molecular formula is C24H19ClN6. The number of benzene rings is 2. The number of anilines is 2. The van der Waals surface area contributed by atoms with E-state index in [1.807, 2.05) is 68.8 Å². The summed E-state index contributed by atoms with van der Waals surface area (Å²) in [6.45, 7) is 1.98. The highest BCUT2D eigenvalue weighted by molar-refractivity contribution is 6.37. The van der Waals surface area contributed by atoms with Gasteiger partial charge in [0.2, 0.25) is 5.95 Å². The Labute approximate surface area is 184 Å². The minimum absolute atomic E-state index is 0.488. The molecule has 0 atom stereocenters. The van der Waals surface area contributed by atoms with Gasteiger partial charge in [0.25, 0.3) is 0 Å². The van der Waals surface area contributed by atoms with Crippen LogP contribution >= 0.6 is 11.6 Å². The highest BCUT2D eigenvalue weighted by Gasteiger charge is 2.12. The summed E-state index contributed by atoms with van der Waals surface area (Å²) in [5.41, 5.74) is 6.61. The SMILES string of the molecule is Cc1ccc(-c2ccc(Nc3ncc4ccc(-c5cnn(C)c5)c(Cl)c4n3)cc2)cn1. The fourth-order valence-electron chi connectivity index (χ4n) is 3.42. The van der Waals surface area contributed by atoms with E-state index in [1.54, 1.807) is 17.1 Å². The van der Waals surface area contributed by atoms with Crippen LogP contribution in [-0.4, -0.2) is 24.7 Å². The maximum Gasteiger partial charge on any atom is 0.227 e. The van der Waals surface area contributed by atoms with E-state index >= 15 is 0 Å². The third-order valence-electron chi connectivity index (χ3n) is 5.09. The summed E-state index contributed by atoms with van der Waals surface area (Å²) in [5, 5.41) is 8.95. The van der Waals surface area contributed by atoms with Crippen LogP contribution in [0.25, 0.3) is 33.2 Å². The lowest BCUT2D eigenvalue weighted by Crippen LogP contribution is -1.97. The van der Waals surface area contributed by atoms with Gasteiger partial charge in [-0.05, 0) is 30.7 Å². The second-order valence-electron chi connectivity index (χ2n) is 7.35. The van der Waals surface area contributed by atoms with Crippen molar-refractivity contribution in [3.8, 4) is 22.3 Å². The summed E-state index contributed by atoms with van der Waals surface area (Å²) >= 11 is 6.70. The average Bonchev–Trinajstić information content (AvgIpc) is 3.21. The topological polar surface area (TPSA) is 68.5 Å². The largest absolute Gasteiger partial charge is 0.324 e. The Kier molecular flexibility index (Phi) is 4.84. The molecule has 1 N–H and O–H groups in total. The van der Waals surface area contributed by atoms with Crippen molar-refractivity contribution in [1.29, 1.82) is 0 Å². The van der Waals surface area contributed by atoms with Crippen molar-refractivity contribution in [2.75, 3.05) is 5.32 Å². The third-order valence-corrected chi connectivity index (χ3v) is 5.48. The van der Waals surface area contributed by atoms with Crippen LogP contribution in [0.4, 0.5) is 11.6 Å². The number of nitrogens with zero attached hydrogens (tertiary/aromatic N) is 5. The van der Waals surface area contributed by atoms with E-state index in [9.17, 15) is 0 Å². The van der Waals surface area contributed by atoms with Gasteiger partial charge in [-0.2, -0.15) is 5.10 Å². The Morgan fingerprint density at radius 1 is 0.839 bits per heavy atom. The first-order valence-corrected chi connectivity index (χ1v) is 10.2. The van der Waals surface area contributed by atoms with E-state index in [0.29, 0.717) is 16.5 Å². The van der Waals surface area contributed by atoms with Gasteiger partial charge in [-0.15, -0.1) is 0 Å². The zero-order chi connectivity index (χ0) is 21.4. The molecule has 0 saturated heterocycles. The summed E-state index contributed by atoms with van der Waals surface area (Å²) in [6.07, 6.45) is 7.37.